The first-order chi connectivity index (χ1) is 17.9. The highest BCUT2D eigenvalue weighted by molar-refractivity contribution is 7.91. The summed E-state index contributed by atoms with van der Waals surface area (Å²) in [4.78, 5) is 15.9. The Balaban J connectivity index is 0.000000700. The van der Waals surface area contributed by atoms with Crippen LogP contribution in [0.1, 0.15) is 61.0 Å². The van der Waals surface area contributed by atoms with Crippen LogP contribution < -0.4 is 0 Å². The summed E-state index contributed by atoms with van der Waals surface area (Å²) < 4.78 is 26.1. The Kier molecular flexibility index (Phi) is 13.4. The Morgan fingerprint density at radius 2 is 1.49 bits per heavy atom. The molecule has 0 spiro atoms. The van der Waals surface area contributed by atoms with Gasteiger partial charge < -0.3 is 5.11 Å². The number of aryl methyl sites for hydroxylation is 2. The quantitative estimate of drug-likeness (QED) is 0.185. The van der Waals surface area contributed by atoms with Crippen molar-refractivity contribution in [3.8, 4) is 0 Å². The van der Waals surface area contributed by atoms with Crippen LogP contribution in [0.4, 0.5) is 0 Å². The van der Waals surface area contributed by atoms with Crippen molar-refractivity contribution in [2.75, 3.05) is 5.75 Å². The van der Waals surface area contributed by atoms with Crippen LogP contribution in [0.25, 0.3) is 0 Å². The number of nitrogens with zero attached hydrogens (tertiary/aromatic N) is 1. The van der Waals surface area contributed by atoms with Gasteiger partial charge in [-0.3, -0.25) is 9.78 Å². The van der Waals surface area contributed by atoms with Gasteiger partial charge in [0.1, 0.15) is 0 Å². The second-order valence-electron chi connectivity index (χ2n) is 9.08. The van der Waals surface area contributed by atoms with E-state index in [9.17, 15) is 18.3 Å². The Morgan fingerprint density at radius 1 is 0.892 bits per heavy atom. The number of sulfone groups is 1. The van der Waals surface area contributed by atoms with Crippen molar-refractivity contribution in [3.05, 3.63) is 115 Å². The fourth-order valence-corrected chi connectivity index (χ4v) is 6.16. The summed E-state index contributed by atoms with van der Waals surface area (Å²) in [5, 5.41) is 8.86. The standard InChI is InChI=1S/C26H34O4S.C5H5N/c1-3-5-7-11-22-16-18-23(19-17-22)25(31(29,30)20-4-2)24(26(27)28)15-10-14-21-12-8-6-9-13-21;1-2-4-6-5-3-1/h4,6,8-9,12-13,16-19,24-25H,2-3,5,7,10-11,14-15,20H2,1H3,(H,27,28);1-5H. The minimum atomic E-state index is -3.70. The van der Waals surface area contributed by atoms with Crippen LogP contribution in [0.3, 0.4) is 0 Å². The van der Waals surface area contributed by atoms with Crippen molar-refractivity contribution in [1.82, 2.24) is 4.98 Å². The smallest absolute Gasteiger partial charge is 0.308 e. The Morgan fingerprint density at radius 3 is 2.00 bits per heavy atom. The van der Waals surface area contributed by atoms with Crippen molar-refractivity contribution >= 4 is 15.8 Å². The molecule has 0 saturated heterocycles. The molecule has 1 heterocycles. The van der Waals surface area contributed by atoms with E-state index in [1.807, 2.05) is 60.7 Å². The summed E-state index contributed by atoms with van der Waals surface area (Å²) in [7, 11) is -3.70. The first-order valence-corrected chi connectivity index (χ1v) is 14.6. The second-order valence-corrected chi connectivity index (χ2v) is 11.3. The first kappa shape index (κ1) is 30.0. The number of rotatable bonds is 14. The maximum absolute atomic E-state index is 13.1. The zero-order valence-electron chi connectivity index (χ0n) is 21.7. The number of carboxylic acid groups (broad SMARTS) is 1. The number of hydrogen-bond donors (Lipinski definition) is 1. The third-order valence-electron chi connectivity index (χ3n) is 6.19. The number of carboxylic acids is 1. The van der Waals surface area contributed by atoms with E-state index in [4.69, 9.17) is 0 Å². The van der Waals surface area contributed by atoms with Crippen LogP contribution in [-0.4, -0.2) is 30.2 Å². The third-order valence-corrected chi connectivity index (χ3v) is 8.26. The van der Waals surface area contributed by atoms with Crippen LogP contribution in [0.2, 0.25) is 0 Å². The van der Waals surface area contributed by atoms with E-state index >= 15 is 0 Å². The van der Waals surface area contributed by atoms with E-state index in [1.54, 1.807) is 24.5 Å². The molecule has 0 radical (unpaired) electrons. The fourth-order valence-electron chi connectivity index (χ4n) is 4.30. The van der Waals surface area contributed by atoms with Crippen molar-refractivity contribution in [2.24, 2.45) is 5.92 Å². The number of unbranched alkanes of at least 4 members (excludes halogenated alkanes) is 2. The normalized spacial score (nSPS) is 12.6. The van der Waals surface area contributed by atoms with Gasteiger partial charge in [0.15, 0.2) is 9.84 Å². The number of benzene rings is 2. The van der Waals surface area contributed by atoms with Gasteiger partial charge >= 0.3 is 5.97 Å². The maximum atomic E-state index is 13.1. The third kappa shape index (κ3) is 10.7. The highest BCUT2D eigenvalue weighted by atomic mass is 32.2. The van der Waals surface area contributed by atoms with E-state index in [0.717, 1.165) is 43.2 Å². The molecule has 0 aliphatic carbocycles. The zero-order valence-corrected chi connectivity index (χ0v) is 22.5. The molecular formula is C31H39NO4S. The minimum Gasteiger partial charge on any atom is -0.481 e. The molecule has 1 N–H and O–H groups in total. The molecule has 0 aliphatic heterocycles. The fraction of sp³-hybridized carbons (Fsp3) is 0.355. The van der Waals surface area contributed by atoms with Crippen LogP contribution in [0.15, 0.2) is 97.8 Å². The van der Waals surface area contributed by atoms with Gasteiger partial charge in [0.25, 0.3) is 0 Å². The average Bonchev–Trinajstić information content (AvgIpc) is 2.91. The van der Waals surface area contributed by atoms with E-state index in [2.05, 4.69) is 18.5 Å². The van der Waals surface area contributed by atoms with E-state index in [0.29, 0.717) is 18.4 Å². The van der Waals surface area contributed by atoms with Crippen LogP contribution in [0, 0.1) is 5.92 Å². The second kappa shape index (κ2) is 16.5. The van der Waals surface area contributed by atoms with Gasteiger partial charge in [0.05, 0.1) is 16.9 Å². The molecule has 0 aliphatic rings. The number of pyridine rings is 1. The lowest BCUT2D eigenvalue weighted by Gasteiger charge is -2.24. The van der Waals surface area contributed by atoms with Crippen molar-refractivity contribution in [3.63, 3.8) is 0 Å². The summed E-state index contributed by atoms with van der Waals surface area (Å²) in [5.74, 6) is -2.31. The molecule has 37 heavy (non-hydrogen) atoms. The minimum absolute atomic E-state index is 0.238. The summed E-state index contributed by atoms with van der Waals surface area (Å²) in [6, 6.07) is 23.0. The number of hydrogen-bond acceptors (Lipinski definition) is 4. The molecule has 3 aromatic rings. The van der Waals surface area contributed by atoms with Gasteiger partial charge in [-0.15, -0.1) is 6.58 Å². The predicted octanol–water partition coefficient (Wildman–Crippen LogP) is 6.87. The van der Waals surface area contributed by atoms with Crippen molar-refractivity contribution in [1.29, 1.82) is 0 Å². The highest BCUT2D eigenvalue weighted by Crippen LogP contribution is 2.35. The highest BCUT2D eigenvalue weighted by Gasteiger charge is 2.38. The lowest BCUT2D eigenvalue weighted by molar-refractivity contribution is -0.142. The molecule has 0 amide bonds. The first-order valence-electron chi connectivity index (χ1n) is 12.9. The lowest BCUT2D eigenvalue weighted by Crippen LogP contribution is -2.29. The van der Waals surface area contributed by atoms with E-state index in [1.165, 1.54) is 6.08 Å². The average molecular weight is 522 g/mol. The Labute approximate surface area is 222 Å². The molecule has 0 bridgehead atoms. The molecular weight excluding hydrogens is 482 g/mol. The van der Waals surface area contributed by atoms with Crippen molar-refractivity contribution in [2.45, 2.75) is 57.1 Å². The predicted molar refractivity (Wildman–Crippen MR) is 151 cm³/mol. The van der Waals surface area contributed by atoms with Crippen LogP contribution in [-0.2, 0) is 27.5 Å². The van der Waals surface area contributed by atoms with Gasteiger partial charge in [-0.25, -0.2) is 8.42 Å². The molecule has 0 saturated carbocycles. The van der Waals surface area contributed by atoms with Gasteiger partial charge in [-0.2, -0.15) is 0 Å². The Hall–Kier alpha value is -3.25. The molecule has 3 rings (SSSR count). The number of aromatic nitrogens is 1. The summed E-state index contributed by atoms with van der Waals surface area (Å²) >= 11 is 0. The van der Waals surface area contributed by atoms with Gasteiger partial charge in [0, 0.05) is 12.4 Å². The number of aliphatic carboxylic acids is 1. The molecule has 1 aromatic heterocycles. The molecule has 198 valence electrons. The summed E-state index contributed by atoms with van der Waals surface area (Å²) in [6.45, 7) is 5.71. The maximum Gasteiger partial charge on any atom is 0.308 e. The summed E-state index contributed by atoms with van der Waals surface area (Å²) in [5.41, 5.74) is 2.81. The zero-order chi connectivity index (χ0) is 26.9. The molecule has 5 nitrogen and oxygen atoms in total. The lowest BCUT2D eigenvalue weighted by atomic mass is 9.92. The van der Waals surface area contributed by atoms with E-state index in [-0.39, 0.29) is 5.75 Å². The molecule has 2 aromatic carbocycles. The van der Waals surface area contributed by atoms with Gasteiger partial charge in [-0.1, -0.05) is 86.5 Å². The Bertz CT molecular complexity index is 1120. The molecule has 2 atom stereocenters. The van der Waals surface area contributed by atoms with Gasteiger partial charge in [-0.05, 0) is 60.9 Å². The van der Waals surface area contributed by atoms with E-state index < -0.39 is 27.0 Å². The van der Waals surface area contributed by atoms with Gasteiger partial charge in [0.2, 0.25) is 0 Å². The van der Waals surface area contributed by atoms with Crippen LogP contribution in [0.5, 0.6) is 0 Å². The molecule has 0 fully saturated rings. The molecule has 2 unspecified atom stereocenters. The van der Waals surface area contributed by atoms with Crippen LogP contribution >= 0.6 is 0 Å². The number of carbonyl (C=O) groups is 1. The van der Waals surface area contributed by atoms with Crippen molar-refractivity contribution < 1.29 is 18.3 Å². The monoisotopic (exact) mass is 521 g/mol. The summed E-state index contributed by atoms with van der Waals surface area (Å²) in [6.07, 6.45) is 10.8. The topological polar surface area (TPSA) is 84.3 Å². The largest absolute Gasteiger partial charge is 0.481 e. The molecule has 6 heteroatoms. The SMILES string of the molecule is C=CCS(=O)(=O)C(c1ccc(CCCCC)cc1)C(CCCc1ccccc1)C(=O)O.c1ccncc1.